The summed E-state index contributed by atoms with van der Waals surface area (Å²) < 4.78 is 47.4. The van der Waals surface area contributed by atoms with Crippen molar-refractivity contribution in [3.63, 3.8) is 0 Å². The zero-order valence-corrected chi connectivity index (χ0v) is 75.2. The minimum absolute atomic E-state index is 0.112. The van der Waals surface area contributed by atoms with Crippen LogP contribution in [0.1, 0.15) is 297 Å². The van der Waals surface area contributed by atoms with E-state index in [-0.39, 0.29) is 83.9 Å². The van der Waals surface area contributed by atoms with E-state index in [0.717, 1.165) is 106 Å². The molecule has 13 rings (SSSR count). The van der Waals surface area contributed by atoms with E-state index in [2.05, 4.69) is 408 Å². The second-order valence-electron chi connectivity index (χ2n) is 44.7. The van der Waals surface area contributed by atoms with E-state index >= 15 is 0 Å². The molecule has 0 aromatic heterocycles. The molecule has 0 fully saturated rings. The molecule has 11 aromatic rings. The van der Waals surface area contributed by atoms with Crippen LogP contribution < -0.4 is 26.2 Å². The third-order valence-electron chi connectivity index (χ3n) is 24.2. The van der Waals surface area contributed by atoms with E-state index in [1.165, 1.54) is 61.2 Å². The van der Waals surface area contributed by atoms with Gasteiger partial charge in [-0.05, 0) is 230 Å². The molecule has 0 aliphatic carbocycles. The summed E-state index contributed by atoms with van der Waals surface area (Å²) in [5.41, 5.74) is 32.0. The third kappa shape index (κ3) is 15.9. The van der Waals surface area contributed by atoms with Crippen LogP contribution in [-0.4, -0.2) is 6.71 Å². The maximum absolute atomic E-state index is 9.88. The lowest BCUT2D eigenvalue weighted by Crippen LogP contribution is -2.61. The second kappa shape index (κ2) is 27.9. The standard InChI is InChI=1S/C110H133BN2/c1-100(2,3)74-47-43-69(44-48-74)84-62-80(106(19,20)21)65-88(86-61-75(101(4,5)6)49-50-90(86)110(31,32)33)98(84)112-94-58-71(72-53-76(102(7,8)9)59-77(54-72)103(10,11)12)46-52-92(94)111-91-51-45-70(68-39-35-34-36-40-68)57-93(91)113(96-67-82(108(25,26)27)66-95(112)97(96)111)99-85(73-55-78(104(13,14)15)60-79(56-73)105(16,17)18)63-81(107(22,23)24)64-87(99)83-41-37-38-42-89(83)109(28,29)30/h34-67H,1-33H3/i34D,35D,36D,39D,40D. The predicted molar refractivity (Wildman–Crippen MR) is 499 cm³/mol. The van der Waals surface area contributed by atoms with Gasteiger partial charge in [0.2, 0.25) is 0 Å². The molecular weight excluding hydrogens is 1360 g/mol. The van der Waals surface area contributed by atoms with Crippen LogP contribution in [0, 0.1) is 0 Å². The summed E-state index contributed by atoms with van der Waals surface area (Å²) in [6, 6.07) is 68.0. The molecule has 3 heteroatoms. The van der Waals surface area contributed by atoms with E-state index in [1.807, 2.05) is 6.07 Å². The van der Waals surface area contributed by atoms with Crippen molar-refractivity contribution in [2.45, 2.75) is 288 Å². The highest BCUT2D eigenvalue weighted by Gasteiger charge is 2.47. The minimum Gasteiger partial charge on any atom is -0.310 e. The highest BCUT2D eigenvalue weighted by Crippen LogP contribution is 2.58. The molecule has 2 heterocycles. The molecule has 0 unspecified atom stereocenters. The van der Waals surface area contributed by atoms with Gasteiger partial charge in [-0.25, -0.2) is 0 Å². The Bertz CT molecular complexity index is 5730. The summed E-state index contributed by atoms with van der Waals surface area (Å²) in [6.07, 6.45) is 0. The number of fused-ring (bicyclic) bond motifs is 4. The van der Waals surface area contributed by atoms with Gasteiger partial charge in [-0.1, -0.05) is 386 Å². The Morgan fingerprint density at radius 1 is 0.221 bits per heavy atom. The summed E-state index contributed by atoms with van der Waals surface area (Å²) in [6.45, 7) is 76.9. The summed E-state index contributed by atoms with van der Waals surface area (Å²) in [7, 11) is 0. The van der Waals surface area contributed by atoms with Gasteiger partial charge < -0.3 is 9.80 Å². The molecule has 2 aliphatic rings. The minimum atomic E-state index is -0.471. The van der Waals surface area contributed by atoms with Crippen LogP contribution in [0.4, 0.5) is 34.1 Å². The molecule has 0 atom stereocenters. The van der Waals surface area contributed by atoms with Crippen LogP contribution in [0.5, 0.6) is 0 Å². The Kier molecular flexibility index (Phi) is 18.7. The van der Waals surface area contributed by atoms with Crippen molar-refractivity contribution >= 4 is 57.2 Å². The molecule has 0 saturated carbocycles. The molecule has 11 aromatic carbocycles. The quantitative estimate of drug-likeness (QED) is 0.140. The fraction of sp³-hybridized carbons (Fsp3) is 0.400. The summed E-state index contributed by atoms with van der Waals surface area (Å²) in [5.74, 6) is 0. The van der Waals surface area contributed by atoms with Gasteiger partial charge in [-0.3, -0.25) is 0 Å². The summed E-state index contributed by atoms with van der Waals surface area (Å²) in [4.78, 5) is 5.36. The average Bonchev–Trinajstić information content (AvgIpc) is 0.696. The van der Waals surface area contributed by atoms with Crippen LogP contribution in [-0.2, 0) is 59.6 Å². The van der Waals surface area contributed by atoms with Crippen molar-refractivity contribution < 1.29 is 6.85 Å². The van der Waals surface area contributed by atoms with Crippen molar-refractivity contribution in [1.82, 2.24) is 0 Å². The molecule has 0 bridgehead atoms. The zero-order valence-electron chi connectivity index (χ0n) is 80.2. The van der Waals surface area contributed by atoms with Gasteiger partial charge in [0, 0.05) is 45.0 Å². The lowest BCUT2D eigenvalue weighted by atomic mass is 9.33. The first-order valence-electron chi connectivity index (χ1n) is 44.2. The lowest BCUT2D eigenvalue weighted by Gasteiger charge is -2.47. The van der Waals surface area contributed by atoms with Crippen molar-refractivity contribution in [3.8, 4) is 66.8 Å². The highest BCUT2D eigenvalue weighted by atomic mass is 15.2. The van der Waals surface area contributed by atoms with E-state index < -0.39 is 18.2 Å². The van der Waals surface area contributed by atoms with Crippen LogP contribution in [0.25, 0.3) is 66.8 Å². The molecule has 0 N–H and O–H groups in total. The average molecular weight is 1500 g/mol. The zero-order chi connectivity index (χ0) is 87.1. The van der Waals surface area contributed by atoms with Crippen molar-refractivity contribution in [2.75, 3.05) is 9.80 Å². The van der Waals surface area contributed by atoms with Crippen molar-refractivity contribution in [2.24, 2.45) is 0 Å². The summed E-state index contributed by atoms with van der Waals surface area (Å²) in [5, 5.41) is 0. The number of nitrogens with zero attached hydrogens (tertiary/aromatic N) is 2. The van der Waals surface area contributed by atoms with Crippen LogP contribution in [0.3, 0.4) is 0 Å². The van der Waals surface area contributed by atoms with Gasteiger partial charge in [-0.2, -0.15) is 0 Å². The van der Waals surface area contributed by atoms with Crippen LogP contribution in [0.15, 0.2) is 206 Å². The second-order valence-corrected chi connectivity index (χ2v) is 44.7. The van der Waals surface area contributed by atoms with Gasteiger partial charge in [0.1, 0.15) is 0 Å². The van der Waals surface area contributed by atoms with E-state index in [9.17, 15) is 5.48 Å². The predicted octanol–water partition coefficient (Wildman–Crippen LogP) is 30.0. The number of hydrogen-bond acceptors (Lipinski definition) is 2. The molecule has 586 valence electrons. The molecule has 2 aliphatic heterocycles. The maximum atomic E-state index is 9.88. The lowest BCUT2D eigenvalue weighted by molar-refractivity contribution is 0.568. The van der Waals surface area contributed by atoms with Crippen LogP contribution in [0.2, 0.25) is 0 Å². The normalized spacial score (nSPS) is 14.6. The molecule has 113 heavy (non-hydrogen) atoms. The van der Waals surface area contributed by atoms with E-state index in [0.29, 0.717) is 5.56 Å². The highest BCUT2D eigenvalue weighted by molar-refractivity contribution is 7.00. The number of benzene rings is 11. The van der Waals surface area contributed by atoms with Crippen molar-refractivity contribution in [3.05, 3.63) is 267 Å². The first-order valence-corrected chi connectivity index (χ1v) is 41.7. The van der Waals surface area contributed by atoms with E-state index in [1.54, 1.807) is 0 Å². The summed E-state index contributed by atoms with van der Waals surface area (Å²) >= 11 is 0. The molecule has 0 radical (unpaired) electrons. The fourth-order valence-electron chi connectivity index (χ4n) is 16.8. The number of hydrogen-bond donors (Lipinski definition) is 0. The molecule has 0 amide bonds. The van der Waals surface area contributed by atoms with Gasteiger partial charge in [0.05, 0.1) is 18.2 Å². The smallest absolute Gasteiger partial charge is 0.252 e. The monoisotopic (exact) mass is 1500 g/mol. The molecule has 2 nitrogen and oxygen atoms in total. The number of rotatable bonds is 8. The van der Waals surface area contributed by atoms with Gasteiger partial charge in [-0.15, -0.1) is 0 Å². The molecule has 0 saturated heterocycles. The van der Waals surface area contributed by atoms with Gasteiger partial charge in [0.25, 0.3) is 6.71 Å². The number of anilines is 6. The SMILES string of the molecule is [2H]c1c([2H])c([2H])c(-c2ccc3c(c2)N(c2c(-c4cc(C(C)(C)C)cc(C(C)(C)C)c4)cc(C(C)(C)C)cc2-c2ccccc2C(C)(C)C)c2cc(C(C)(C)C)cc4c2B3c2ccc(-c3cc(C(C)(C)C)cc(C(C)(C)C)c3)cc2N4c2c(-c3ccc(C(C)(C)C)cc3)cc(C(C)(C)C)cc2-c2cc(C(C)(C)C)ccc2C(C)(C)C)c([2H])c1[2H]. The van der Waals surface area contributed by atoms with E-state index in [4.69, 9.17) is 1.37 Å². The van der Waals surface area contributed by atoms with Gasteiger partial charge in [0.15, 0.2) is 0 Å². The van der Waals surface area contributed by atoms with Crippen molar-refractivity contribution in [1.29, 1.82) is 0 Å². The Morgan fingerprint density at radius 2 is 0.549 bits per heavy atom. The Balaban J connectivity index is 1.35. The third-order valence-corrected chi connectivity index (χ3v) is 24.2. The Labute approximate surface area is 691 Å². The largest absolute Gasteiger partial charge is 0.310 e. The van der Waals surface area contributed by atoms with Gasteiger partial charge >= 0.3 is 0 Å². The molecule has 0 spiro atoms. The molecular formula is C110H133BN2. The maximum Gasteiger partial charge on any atom is 0.252 e. The Hall–Kier alpha value is -8.92. The first kappa shape index (κ1) is 75.4. The first-order chi connectivity index (χ1) is 54.0. The topological polar surface area (TPSA) is 6.48 Å². The Morgan fingerprint density at radius 3 is 0.965 bits per heavy atom. The van der Waals surface area contributed by atoms with Crippen LogP contribution >= 0.6 is 0 Å². The fourth-order valence-corrected chi connectivity index (χ4v) is 16.8.